The summed E-state index contributed by atoms with van der Waals surface area (Å²) in [5.41, 5.74) is 3.67. The van der Waals surface area contributed by atoms with Crippen molar-refractivity contribution in [3.63, 3.8) is 0 Å². The second-order valence-corrected chi connectivity index (χ2v) is 7.39. The number of ether oxygens (including phenoxy) is 2. The van der Waals surface area contributed by atoms with Gasteiger partial charge < -0.3 is 25.0 Å². The van der Waals surface area contributed by atoms with Gasteiger partial charge in [0.2, 0.25) is 0 Å². The summed E-state index contributed by atoms with van der Waals surface area (Å²) in [4.78, 5) is 6.77. The monoisotopic (exact) mass is 524 g/mol. The minimum Gasteiger partial charge on any atom is -0.497 e. The third-order valence-corrected chi connectivity index (χ3v) is 5.30. The quantitative estimate of drug-likeness (QED) is 0.341. The second kappa shape index (κ2) is 11.9. The average molecular weight is 524 g/mol. The van der Waals surface area contributed by atoms with Gasteiger partial charge >= 0.3 is 0 Å². The van der Waals surface area contributed by atoms with E-state index in [1.54, 1.807) is 14.2 Å². The molecule has 1 fully saturated rings. The predicted octanol–water partition coefficient (Wildman–Crippen LogP) is 3.96. The minimum atomic E-state index is 0. The number of hydrogen-bond acceptors (Lipinski definition) is 4. The zero-order valence-corrected chi connectivity index (χ0v) is 20.6. The lowest BCUT2D eigenvalue weighted by Gasteiger charge is -2.34. The van der Waals surface area contributed by atoms with Gasteiger partial charge in [-0.25, -0.2) is 0 Å². The molecule has 6 nitrogen and oxygen atoms in total. The van der Waals surface area contributed by atoms with E-state index in [-0.39, 0.29) is 24.0 Å². The molecule has 0 atom stereocenters. The lowest BCUT2D eigenvalue weighted by molar-refractivity contribution is 0.393. The van der Waals surface area contributed by atoms with E-state index in [4.69, 9.17) is 9.47 Å². The maximum absolute atomic E-state index is 5.40. The van der Waals surface area contributed by atoms with E-state index in [0.717, 1.165) is 55.6 Å². The lowest BCUT2D eigenvalue weighted by Crippen LogP contribution is -2.48. The highest BCUT2D eigenvalue weighted by molar-refractivity contribution is 14.0. The highest BCUT2D eigenvalue weighted by atomic mass is 127. The fourth-order valence-corrected chi connectivity index (χ4v) is 3.65. The molecule has 1 heterocycles. The van der Waals surface area contributed by atoms with Crippen molar-refractivity contribution in [1.29, 1.82) is 0 Å². The molecule has 2 aromatic carbocycles. The number of methoxy groups -OCH3 is 2. The summed E-state index contributed by atoms with van der Waals surface area (Å²) in [7, 11) is 5.19. The van der Waals surface area contributed by atoms with Crippen LogP contribution >= 0.6 is 24.0 Å². The van der Waals surface area contributed by atoms with Gasteiger partial charge in [0, 0.05) is 56.6 Å². The van der Waals surface area contributed by atoms with Crippen molar-refractivity contribution in [2.24, 2.45) is 4.99 Å². The highest BCUT2D eigenvalue weighted by Gasteiger charge is 2.21. The van der Waals surface area contributed by atoms with Crippen LogP contribution in [0.5, 0.6) is 11.5 Å². The molecule has 0 radical (unpaired) electrons. The first-order valence-electron chi connectivity index (χ1n) is 10.1. The average Bonchev–Trinajstić information content (AvgIpc) is 2.76. The van der Waals surface area contributed by atoms with Gasteiger partial charge in [0.05, 0.1) is 14.2 Å². The van der Waals surface area contributed by atoms with Crippen LogP contribution in [-0.4, -0.2) is 46.4 Å². The Balaban J connectivity index is 0.00000320. The van der Waals surface area contributed by atoms with Crippen LogP contribution in [0.4, 0.5) is 5.69 Å². The molecular formula is C23H33IN4O2. The summed E-state index contributed by atoms with van der Waals surface area (Å²) in [5.74, 6) is 2.49. The van der Waals surface area contributed by atoms with Crippen LogP contribution in [0.2, 0.25) is 0 Å². The van der Waals surface area contributed by atoms with Crippen molar-refractivity contribution in [2.75, 3.05) is 39.3 Å². The molecular weight excluding hydrogens is 491 g/mol. The van der Waals surface area contributed by atoms with Gasteiger partial charge in [-0.1, -0.05) is 29.8 Å². The molecule has 164 valence electrons. The normalized spacial score (nSPS) is 14.7. The number of guanidine groups is 1. The Morgan fingerprint density at radius 1 is 1.07 bits per heavy atom. The summed E-state index contributed by atoms with van der Waals surface area (Å²) in [6.07, 6.45) is 2.09. The minimum absolute atomic E-state index is 0. The molecule has 7 heteroatoms. The van der Waals surface area contributed by atoms with Crippen molar-refractivity contribution in [3.8, 4) is 11.5 Å². The molecule has 2 N–H and O–H groups in total. The van der Waals surface area contributed by atoms with Crippen molar-refractivity contribution >= 4 is 35.6 Å². The van der Waals surface area contributed by atoms with Gasteiger partial charge in [0.25, 0.3) is 0 Å². The van der Waals surface area contributed by atoms with E-state index < -0.39 is 0 Å². The first kappa shape index (κ1) is 24.1. The smallest absolute Gasteiger partial charge is 0.191 e. The molecule has 0 saturated carbocycles. The van der Waals surface area contributed by atoms with Crippen LogP contribution in [0.3, 0.4) is 0 Å². The van der Waals surface area contributed by atoms with Gasteiger partial charge in [-0.2, -0.15) is 0 Å². The Kier molecular flexibility index (Phi) is 9.55. The largest absolute Gasteiger partial charge is 0.497 e. The van der Waals surface area contributed by atoms with Gasteiger partial charge in [-0.05, 0) is 25.3 Å². The van der Waals surface area contributed by atoms with Crippen LogP contribution in [0.15, 0.2) is 47.5 Å². The van der Waals surface area contributed by atoms with Gasteiger partial charge in [-0.15, -0.1) is 24.0 Å². The molecule has 0 spiro atoms. The van der Waals surface area contributed by atoms with Crippen molar-refractivity contribution in [2.45, 2.75) is 32.4 Å². The second-order valence-electron chi connectivity index (χ2n) is 7.39. The van der Waals surface area contributed by atoms with Crippen molar-refractivity contribution in [3.05, 3.63) is 53.6 Å². The number of benzene rings is 2. The van der Waals surface area contributed by atoms with E-state index in [2.05, 4.69) is 63.8 Å². The number of aryl methyl sites for hydroxylation is 1. The third-order valence-electron chi connectivity index (χ3n) is 5.30. The summed E-state index contributed by atoms with van der Waals surface area (Å²) < 4.78 is 10.8. The Hall–Kier alpha value is -2.16. The number of nitrogens with zero attached hydrogens (tertiary/aromatic N) is 2. The molecule has 0 bridgehead atoms. The van der Waals surface area contributed by atoms with E-state index in [0.29, 0.717) is 6.04 Å². The Morgan fingerprint density at radius 3 is 2.30 bits per heavy atom. The van der Waals surface area contributed by atoms with E-state index in [9.17, 15) is 0 Å². The predicted molar refractivity (Wildman–Crippen MR) is 135 cm³/mol. The van der Waals surface area contributed by atoms with Crippen molar-refractivity contribution < 1.29 is 9.47 Å². The standard InChI is InChI=1S/C23H32N4O2.HI/c1-17-6-5-7-18(12-17)16-25-23(24-2)26-19-8-10-27(11-9-19)20-13-21(28-3)15-22(14-20)29-4;/h5-7,12-15,19H,8-11,16H2,1-4H3,(H2,24,25,26);1H. The highest BCUT2D eigenvalue weighted by Crippen LogP contribution is 2.30. The number of piperidine rings is 1. The van der Waals surface area contributed by atoms with E-state index in [1.807, 2.05) is 13.1 Å². The van der Waals surface area contributed by atoms with Crippen LogP contribution in [-0.2, 0) is 6.54 Å². The first-order valence-corrected chi connectivity index (χ1v) is 10.1. The number of hydrogen-bond donors (Lipinski definition) is 2. The molecule has 1 aliphatic rings. The van der Waals surface area contributed by atoms with Crippen LogP contribution < -0.4 is 25.0 Å². The van der Waals surface area contributed by atoms with E-state index >= 15 is 0 Å². The summed E-state index contributed by atoms with van der Waals surface area (Å²) in [5, 5.41) is 7.00. The Bertz CT molecular complexity index is 813. The number of aliphatic imine (C=N–C) groups is 1. The zero-order chi connectivity index (χ0) is 20.6. The van der Waals surface area contributed by atoms with Gasteiger partial charge in [-0.3, -0.25) is 4.99 Å². The van der Waals surface area contributed by atoms with Crippen LogP contribution in [0, 0.1) is 6.92 Å². The molecule has 2 aromatic rings. The number of anilines is 1. The van der Waals surface area contributed by atoms with Crippen LogP contribution in [0.1, 0.15) is 24.0 Å². The van der Waals surface area contributed by atoms with Crippen LogP contribution in [0.25, 0.3) is 0 Å². The summed E-state index contributed by atoms with van der Waals surface area (Å²) >= 11 is 0. The maximum Gasteiger partial charge on any atom is 0.191 e. The first-order chi connectivity index (χ1) is 14.1. The molecule has 3 rings (SSSR count). The topological polar surface area (TPSA) is 58.1 Å². The molecule has 0 unspecified atom stereocenters. The molecule has 1 saturated heterocycles. The molecule has 30 heavy (non-hydrogen) atoms. The fourth-order valence-electron chi connectivity index (χ4n) is 3.65. The lowest BCUT2D eigenvalue weighted by atomic mass is 10.0. The third kappa shape index (κ3) is 6.68. The molecule has 0 amide bonds. The SMILES string of the molecule is CN=C(NCc1cccc(C)c1)NC1CCN(c2cc(OC)cc(OC)c2)CC1.I. The number of nitrogens with one attached hydrogen (secondary N) is 2. The fraction of sp³-hybridized carbons (Fsp3) is 0.435. The van der Waals surface area contributed by atoms with Gasteiger partial charge in [0.1, 0.15) is 11.5 Å². The van der Waals surface area contributed by atoms with Crippen molar-refractivity contribution in [1.82, 2.24) is 10.6 Å². The van der Waals surface area contributed by atoms with E-state index in [1.165, 1.54) is 11.1 Å². The molecule has 0 aliphatic carbocycles. The van der Waals surface area contributed by atoms with Gasteiger partial charge in [0.15, 0.2) is 5.96 Å². The molecule has 1 aliphatic heterocycles. The number of halogens is 1. The number of rotatable bonds is 6. The molecule has 0 aromatic heterocycles. The zero-order valence-electron chi connectivity index (χ0n) is 18.3. The Morgan fingerprint density at radius 2 is 1.73 bits per heavy atom. The summed E-state index contributed by atoms with van der Waals surface area (Å²) in [6, 6.07) is 15.0. The maximum atomic E-state index is 5.40. The summed E-state index contributed by atoms with van der Waals surface area (Å²) in [6.45, 7) is 4.83. The Labute approximate surface area is 197 Å².